The lowest BCUT2D eigenvalue weighted by Crippen LogP contribution is -2.50. The minimum atomic E-state index is -0.527. The highest BCUT2D eigenvalue weighted by Crippen LogP contribution is 2.19. The van der Waals surface area contributed by atoms with Crippen LogP contribution < -0.4 is 10.6 Å². The third-order valence-corrected chi connectivity index (χ3v) is 5.55. The van der Waals surface area contributed by atoms with Crippen LogP contribution in [0.3, 0.4) is 0 Å². The summed E-state index contributed by atoms with van der Waals surface area (Å²) in [5, 5.41) is 6.04. The molecule has 0 bridgehead atoms. The van der Waals surface area contributed by atoms with Crippen LogP contribution in [0.1, 0.15) is 29.7 Å². The van der Waals surface area contributed by atoms with Gasteiger partial charge in [0.1, 0.15) is 0 Å². The Morgan fingerprint density at radius 3 is 1.78 bits per heavy atom. The monoisotopic (exact) mass is 430 g/mol. The maximum atomic E-state index is 12.9. The molecule has 5 heteroatoms. The minimum Gasteiger partial charge on any atom is -0.469 e. The molecule has 0 radical (unpaired) electrons. The molecule has 0 saturated carbocycles. The van der Waals surface area contributed by atoms with Gasteiger partial charge >= 0.3 is 12.0 Å². The van der Waals surface area contributed by atoms with Crippen molar-refractivity contribution in [3.63, 3.8) is 0 Å². The average Bonchev–Trinajstić information content (AvgIpc) is 2.83. The molecular formula is C27H30N2O3. The van der Waals surface area contributed by atoms with Gasteiger partial charge in [-0.25, -0.2) is 4.79 Å². The first-order valence-electron chi connectivity index (χ1n) is 10.8. The van der Waals surface area contributed by atoms with Gasteiger partial charge in [-0.2, -0.15) is 0 Å². The third-order valence-electron chi connectivity index (χ3n) is 5.55. The topological polar surface area (TPSA) is 67.4 Å². The van der Waals surface area contributed by atoms with Crippen molar-refractivity contribution >= 4 is 12.0 Å². The molecule has 0 saturated heterocycles. The number of amides is 2. The standard InChI is InChI=1S/C27H30N2O3/c1-20(23-16-10-5-11-17-23)28-27(31)29-25(19-22-14-8-4-9-15-22)24(26(30)32-2)18-21-12-6-3-7-13-21/h3-17,20,24-25H,18-19H2,1-2H3,(H2,28,29,31)/t20-,24-,25+/m0/s1. The molecule has 2 amide bonds. The zero-order chi connectivity index (χ0) is 22.8. The second kappa shape index (κ2) is 11.7. The van der Waals surface area contributed by atoms with Crippen LogP contribution in [-0.2, 0) is 22.4 Å². The largest absolute Gasteiger partial charge is 0.469 e. The van der Waals surface area contributed by atoms with Crippen LogP contribution in [0.15, 0.2) is 91.0 Å². The van der Waals surface area contributed by atoms with Gasteiger partial charge in [0.25, 0.3) is 0 Å². The first kappa shape index (κ1) is 23.1. The summed E-state index contributed by atoms with van der Waals surface area (Å²) >= 11 is 0. The molecule has 0 aliphatic rings. The fraction of sp³-hybridized carbons (Fsp3) is 0.259. The van der Waals surface area contributed by atoms with E-state index in [9.17, 15) is 9.59 Å². The Hall–Kier alpha value is -3.60. The lowest BCUT2D eigenvalue weighted by molar-refractivity contribution is -0.146. The number of benzene rings is 3. The number of hydrogen-bond acceptors (Lipinski definition) is 3. The number of methoxy groups -OCH3 is 1. The Morgan fingerprint density at radius 1 is 0.750 bits per heavy atom. The minimum absolute atomic E-state index is 0.167. The Bertz CT molecular complexity index is 978. The van der Waals surface area contributed by atoms with E-state index >= 15 is 0 Å². The number of esters is 1. The highest BCUT2D eigenvalue weighted by molar-refractivity contribution is 5.78. The number of urea groups is 1. The van der Waals surface area contributed by atoms with E-state index in [-0.39, 0.29) is 18.0 Å². The van der Waals surface area contributed by atoms with Crippen molar-refractivity contribution in [3.05, 3.63) is 108 Å². The van der Waals surface area contributed by atoms with Crippen molar-refractivity contribution in [2.75, 3.05) is 7.11 Å². The highest BCUT2D eigenvalue weighted by atomic mass is 16.5. The van der Waals surface area contributed by atoms with Crippen LogP contribution in [0.5, 0.6) is 0 Å². The van der Waals surface area contributed by atoms with E-state index in [1.807, 2.05) is 97.9 Å². The van der Waals surface area contributed by atoms with Gasteiger partial charge in [-0.1, -0.05) is 91.0 Å². The SMILES string of the molecule is COC(=O)[C@@H](Cc1ccccc1)[C@@H](Cc1ccccc1)NC(=O)N[C@@H](C)c1ccccc1. The number of ether oxygens (including phenoxy) is 1. The van der Waals surface area contributed by atoms with Gasteiger partial charge in [-0.05, 0) is 36.5 Å². The molecule has 5 nitrogen and oxygen atoms in total. The van der Waals surface area contributed by atoms with Gasteiger partial charge in [-0.15, -0.1) is 0 Å². The van der Waals surface area contributed by atoms with Crippen LogP contribution in [0, 0.1) is 5.92 Å². The van der Waals surface area contributed by atoms with E-state index in [1.54, 1.807) is 0 Å². The van der Waals surface area contributed by atoms with Crippen LogP contribution in [0.25, 0.3) is 0 Å². The molecule has 166 valence electrons. The van der Waals surface area contributed by atoms with Gasteiger partial charge in [0, 0.05) is 6.04 Å². The predicted molar refractivity (Wildman–Crippen MR) is 126 cm³/mol. The molecule has 3 aromatic rings. The van der Waals surface area contributed by atoms with Crippen LogP contribution in [0.2, 0.25) is 0 Å². The van der Waals surface area contributed by atoms with E-state index in [1.165, 1.54) is 7.11 Å². The highest BCUT2D eigenvalue weighted by Gasteiger charge is 2.31. The van der Waals surface area contributed by atoms with E-state index in [4.69, 9.17) is 4.74 Å². The van der Waals surface area contributed by atoms with Gasteiger partial charge in [-0.3, -0.25) is 4.79 Å². The summed E-state index contributed by atoms with van der Waals surface area (Å²) < 4.78 is 5.12. The Morgan fingerprint density at radius 2 is 1.25 bits per heavy atom. The van der Waals surface area contributed by atoms with Crippen LogP contribution in [0.4, 0.5) is 4.79 Å². The van der Waals surface area contributed by atoms with E-state index in [0.717, 1.165) is 16.7 Å². The molecule has 0 aromatic heterocycles. The lowest BCUT2D eigenvalue weighted by atomic mass is 9.88. The summed E-state index contributed by atoms with van der Waals surface area (Å²) in [4.78, 5) is 25.7. The number of rotatable bonds is 9. The van der Waals surface area contributed by atoms with Crippen LogP contribution >= 0.6 is 0 Å². The number of carbonyl (C=O) groups excluding carboxylic acids is 2. The summed E-state index contributed by atoms with van der Waals surface area (Å²) in [6, 6.07) is 28.5. The molecule has 0 heterocycles. The average molecular weight is 431 g/mol. The van der Waals surface area contributed by atoms with Crippen molar-refractivity contribution in [2.24, 2.45) is 5.92 Å². The molecule has 0 aliphatic carbocycles. The molecule has 0 spiro atoms. The predicted octanol–water partition coefficient (Wildman–Crippen LogP) is 4.69. The normalized spacial score (nSPS) is 13.4. The van der Waals surface area contributed by atoms with Crippen molar-refractivity contribution < 1.29 is 14.3 Å². The second-order valence-corrected chi connectivity index (χ2v) is 7.87. The molecule has 0 aliphatic heterocycles. The van der Waals surface area contributed by atoms with Crippen LogP contribution in [-0.4, -0.2) is 25.2 Å². The van der Waals surface area contributed by atoms with Gasteiger partial charge < -0.3 is 15.4 Å². The van der Waals surface area contributed by atoms with Gasteiger partial charge in [0.15, 0.2) is 0 Å². The summed E-state index contributed by atoms with van der Waals surface area (Å²) in [5.74, 6) is -0.869. The molecule has 0 unspecified atom stereocenters. The number of nitrogens with one attached hydrogen (secondary N) is 2. The summed E-state index contributed by atoms with van der Waals surface area (Å²) in [6.07, 6.45) is 0.986. The van der Waals surface area contributed by atoms with Crippen molar-refractivity contribution in [2.45, 2.75) is 31.8 Å². The molecule has 3 rings (SSSR count). The molecule has 3 aromatic carbocycles. The van der Waals surface area contributed by atoms with E-state index < -0.39 is 12.0 Å². The lowest BCUT2D eigenvalue weighted by Gasteiger charge is -2.27. The molecular weight excluding hydrogens is 400 g/mol. The molecule has 2 N–H and O–H groups in total. The van der Waals surface area contributed by atoms with Crippen molar-refractivity contribution in [1.29, 1.82) is 0 Å². The maximum absolute atomic E-state index is 12.9. The molecule has 3 atom stereocenters. The summed E-state index contributed by atoms with van der Waals surface area (Å²) in [6.45, 7) is 1.93. The first-order valence-corrected chi connectivity index (χ1v) is 10.8. The zero-order valence-electron chi connectivity index (χ0n) is 18.5. The Kier molecular flexibility index (Phi) is 8.44. The van der Waals surface area contributed by atoms with E-state index in [0.29, 0.717) is 12.8 Å². The summed E-state index contributed by atoms with van der Waals surface area (Å²) in [5.41, 5.74) is 3.06. The fourth-order valence-corrected chi connectivity index (χ4v) is 3.80. The second-order valence-electron chi connectivity index (χ2n) is 7.87. The van der Waals surface area contributed by atoms with Crippen molar-refractivity contribution in [3.8, 4) is 0 Å². The third kappa shape index (κ3) is 6.71. The van der Waals surface area contributed by atoms with Gasteiger partial charge in [0.05, 0.1) is 19.1 Å². The number of hydrogen-bond donors (Lipinski definition) is 2. The first-order chi connectivity index (χ1) is 15.6. The Labute approximate surface area is 189 Å². The molecule has 32 heavy (non-hydrogen) atoms. The number of carbonyl (C=O) groups is 2. The smallest absolute Gasteiger partial charge is 0.315 e. The quantitative estimate of drug-likeness (QED) is 0.484. The van der Waals surface area contributed by atoms with Gasteiger partial charge in [0.2, 0.25) is 0 Å². The molecule has 0 fully saturated rings. The maximum Gasteiger partial charge on any atom is 0.315 e. The zero-order valence-corrected chi connectivity index (χ0v) is 18.5. The summed E-state index contributed by atoms with van der Waals surface area (Å²) in [7, 11) is 1.39. The van der Waals surface area contributed by atoms with E-state index in [2.05, 4.69) is 10.6 Å². The fourth-order valence-electron chi connectivity index (χ4n) is 3.80. The Balaban J connectivity index is 1.80. The van der Waals surface area contributed by atoms with Crippen molar-refractivity contribution in [1.82, 2.24) is 10.6 Å².